The number of para-hydroxylation sites is 1. The summed E-state index contributed by atoms with van der Waals surface area (Å²) in [6, 6.07) is 15.3. The molecule has 1 amide bonds. The van der Waals surface area contributed by atoms with Gasteiger partial charge in [-0.3, -0.25) is 10.1 Å². The third-order valence-corrected chi connectivity index (χ3v) is 4.52. The predicted molar refractivity (Wildman–Crippen MR) is 101 cm³/mol. The molecule has 0 bridgehead atoms. The van der Waals surface area contributed by atoms with Gasteiger partial charge in [0.05, 0.1) is 7.11 Å². The van der Waals surface area contributed by atoms with Crippen molar-refractivity contribution in [2.75, 3.05) is 19.0 Å². The maximum atomic E-state index is 12.0. The quantitative estimate of drug-likeness (QED) is 0.690. The zero-order chi connectivity index (χ0) is 18.4. The average molecular weight is 369 g/mol. The molecule has 0 aliphatic carbocycles. The van der Waals surface area contributed by atoms with Gasteiger partial charge in [0.2, 0.25) is 5.13 Å². The van der Waals surface area contributed by atoms with Crippen molar-refractivity contribution >= 4 is 22.4 Å². The maximum Gasteiger partial charge on any atom is 0.264 e. The largest absolute Gasteiger partial charge is 0.497 e. The summed E-state index contributed by atoms with van der Waals surface area (Å²) in [6.07, 6.45) is 0.650. The SMILES string of the molecule is COc1ccc(Cc2nnc(NC(=O)COc3ccccc3C)s2)cc1. The van der Waals surface area contributed by atoms with E-state index in [1.807, 2.05) is 55.5 Å². The molecule has 0 unspecified atom stereocenters. The van der Waals surface area contributed by atoms with Crippen LogP contribution in [0.4, 0.5) is 5.13 Å². The number of methoxy groups -OCH3 is 1. The summed E-state index contributed by atoms with van der Waals surface area (Å²) in [5.41, 5.74) is 2.08. The molecule has 3 aromatic rings. The molecule has 0 radical (unpaired) electrons. The Kier molecular flexibility index (Phi) is 5.80. The Bertz CT molecular complexity index is 878. The number of anilines is 1. The van der Waals surface area contributed by atoms with Crippen LogP contribution in [0.1, 0.15) is 16.1 Å². The lowest BCUT2D eigenvalue weighted by molar-refractivity contribution is -0.118. The van der Waals surface area contributed by atoms with Crippen LogP contribution in [0.2, 0.25) is 0 Å². The molecule has 0 fully saturated rings. The van der Waals surface area contributed by atoms with Gasteiger partial charge < -0.3 is 9.47 Å². The van der Waals surface area contributed by atoms with Gasteiger partial charge in [-0.05, 0) is 36.2 Å². The van der Waals surface area contributed by atoms with Crippen LogP contribution in [0.3, 0.4) is 0 Å². The molecular formula is C19H19N3O3S. The Balaban J connectivity index is 1.52. The molecule has 0 aliphatic heterocycles. The summed E-state index contributed by atoms with van der Waals surface area (Å²) >= 11 is 1.35. The van der Waals surface area contributed by atoms with Gasteiger partial charge >= 0.3 is 0 Å². The van der Waals surface area contributed by atoms with Crippen LogP contribution in [-0.2, 0) is 11.2 Å². The lowest BCUT2D eigenvalue weighted by atomic mass is 10.1. The number of aryl methyl sites for hydroxylation is 1. The molecule has 7 heteroatoms. The van der Waals surface area contributed by atoms with Gasteiger partial charge in [0.25, 0.3) is 5.91 Å². The van der Waals surface area contributed by atoms with E-state index in [0.717, 1.165) is 21.9 Å². The predicted octanol–water partition coefficient (Wildman–Crippen LogP) is 3.46. The summed E-state index contributed by atoms with van der Waals surface area (Å²) in [5, 5.41) is 12.1. The second kappa shape index (κ2) is 8.44. The fraction of sp³-hybridized carbons (Fsp3) is 0.211. The molecule has 0 saturated heterocycles. The number of hydrogen-bond donors (Lipinski definition) is 1. The van der Waals surface area contributed by atoms with E-state index in [-0.39, 0.29) is 12.5 Å². The smallest absolute Gasteiger partial charge is 0.264 e. The molecule has 6 nitrogen and oxygen atoms in total. The minimum atomic E-state index is -0.264. The summed E-state index contributed by atoms with van der Waals surface area (Å²) in [7, 11) is 1.64. The van der Waals surface area contributed by atoms with Crippen LogP contribution in [0.5, 0.6) is 11.5 Å². The van der Waals surface area contributed by atoms with E-state index in [9.17, 15) is 4.79 Å². The maximum absolute atomic E-state index is 12.0. The zero-order valence-electron chi connectivity index (χ0n) is 14.6. The van der Waals surface area contributed by atoms with Crippen LogP contribution >= 0.6 is 11.3 Å². The van der Waals surface area contributed by atoms with Crippen LogP contribution in [0.15, 0.2) is 48.5 Å². The molecule has 0 saturated carbocycles. The second-order valence-corrected chi connectivity index (χ2v) is 6.69. The van der Waals surface area contributed by atoms with Crippen molar-refractivity contribution < 1.29 is 14.3 Å². The molecular weight excluding hydrogens is 350 g/mol. The molecule has 2 aromatic carbocycles. The highest BCUT2D eigenvalue weighted by Gasteiger charge is 2.10. The van der Waals surface area contributed by atoms with E-state index in [2.05, 4.69) is 15.5 Å². The normalized spacial score (nSPS) is 10.4. The molecule has 0 aliphatic rings. The summed E-state index contributed by atoms with van der Waals surface area (Å²) in [6.45, 7) is 1.86. The molecule has 26 heavy (non-hydrogen) atoms. The number of ether oxygens (including phenoxy) is 2. The Hall–Kier alpha value is -2.93. The van der Waals surface area contributed by atoms with Gasteiger partial charge in [-0.2, -0.15) is 0 Å². The molecule has 1 aromatic heterocycles. The number of carbonyl (C=O) groups excluding carboxylic acids is 1. The fourth-order valence-corrected chi connectivity index (χ4v) is 3.10. The van der Waals surface area contributed by atoms with Crippen molar-refractivity contribution in [3.63, 3.8) is 0 Å². The number of carbonyl (C=O) groups is 1. The van der Waals surface area contributed by atoms with Crippen molar-refractivity contribution in [2.45, 2.75) is 13.3 Å². The highest BCUT2D eigenvalue weighted by atomic mass is 32.1. The van der Waals surface area contributed by atoms with Crippen molar-refractivity contribution in [3.8, 4) is 11.5 Å². The third-order valence-electron chi connectivity index (χ3n) is 3.68. The molecule has 1 heterocycles. The van der Waals surface area contributed by atoms with Gasteiger partial charge in [0.1, 0.15) is 16.5 Å². The Morgan fingerprint density at radius 3 is 2.62 bits per heavy atom. The van der Waals surface area contributed by atoms with Crippen LogP contribution in [-0.4, -0.2) is 29.8 Å². The van der Waals surface area contributed by atoms with Gasteiger partial charge in [-0.25, -0.2) is 0 Å². The zero-order valence-corrected chi connectivity index (χ0v) is 15.4. The minimum absolute atomic E-state index is 0.0712. The Morgan fingerprint density at radius 1 is 1.12 bits per heavy atom. The number of nitrogens with one attached hydrogen (secondary N) is 1. The first-order chi connectivity index (χ1) is 12.6. The van der Waals surface area contributed by atoms with E-state index in [1.54, 1.807) is 7.11 Å². The molecule has 1 N–H and O–H groups in total. The lowest BCUT2D eigenvalue weighted by Gasteiger charge is -2.07. The molecule has 3 rings (SSSR count). The van der Waals surface area contributed by atoms with Gasteiger partial charge in [0.15, 0.2) is 6.61 Å². The van der Waals surface area contributed by atoms with E-state index in [0.29, 0.717) is 17.3 Å². The number of aromatic nitrogens is 2. The number of hydrogen-bond acceptors (Lipinski definition) is 6. The first-order valence-corrected chi connectivity index (χ1v) is 8.89. The van der Waals surface area contributed by atoms with Crippen molar-refractivity contribution in [3.05, 3.63) is 64.7 Å². The third kappa shape index (κ3) is 4.80. The van der Waals surface area contributed by atoms with Crippen LogP contribution in [0, 0.1) is 6.92 Å². The van der Waals surface area contributed by atoms with Gasteiger partial charge in [0, 0.05) is 6.42 Å². The van der Waals surface area contributed by atoms with E-state index >= 15 is 0 Å². The Labute approximate surface area is 155 Å². The average Bonchev–Trinajstić information content (AvgIpc) is 3.08. The van der Waals surface area contributed by atoms with Gasteiger partial charge in [-0.15, -0.1) is 10.2 Å². The van der Waals surface area contributed by atoms with E-state index < -0.39 is 0 Å². The monoisotopic (exact) mass is 369 g/mol. The van der Waals surface area contributed by atoms with Crippen LogP contribution in [0.25, 0.3) is 0 Å². The van der Waals surface area contributed by atoms with Crippen molar-refractivity contribution in [1.29, 1.82) is 0 Å². The first kappa shape index (κ1) is 17.9. The Morgan fingerprint density at radius 2 is 1.88 bits per heavy atom. The minimum Gasteiger partial charge on any atom is -0.497 e. The highest BCUT2D eigenvalue weighted by molar-refractivity contribution is 7.15. The summed E-state index contributed by atoms with van der Waals surface area (Å²) < 4.78 is 10.7. The molecule has 134 valence electrons. The number of amides is 1. The summed E-state index contributed by atoms with van der Waals surface area (Å²) in [5.74, 6) is 1.24. The standard InChI is InChI=1S/C19H19N3O3S/c1-13-5-3-4-6-16(13)25-12-17(23)20-19-22-21-18(26-19)11-14-7-9-15(24-2)10-8-14/h3-10H,11-12H2,1-2H3,(H,20,22,23). The number of nitrogens with zero attached hydrogens (tertiary/aromatic N) is 2. The summed E-state index contributed by atoms with van der Waals surface area (Å²) in [4.78, 5) is 12.0. The number of rotatable bonds is 7. The van der Waals surface area contributed by atoms with Crippen molar-refractivity contribution in [2.24, 2.45) is 0 Å². The second-order valence-electron chi connectivity index (χ2n) is 5.63. The molecule has 0 spiro atoms. The number of benzene rings is 2. The van der Waals surface area contributed by atoms with E-state index in [1.165, 1.54) is 11.3 Å². The first-order valence-electron chi connectivity index (χ1n) is 8.07. The molecule has 0 atom stereocenters. The van der Waals surface area contributed by atoms with Crippen molar-refractivity contribution in [1.82, 2.24) is 10.2 Å². The lowest BCUT2D eigenvalue weighted by Crippen LogP contribution is -2.20. The topological polar surface area (TPSA) is 73.3 Å². The van der Waals surface area contributed by atoms with Gasteiger partial charge in [-0.1, -0.05) is 41.7 Å². The van der Waals surface area contributed by atoms with Crippen LogP contribution < -0.4 is 14.8 Å². The fourth-order valence-electron chi connectivity index (χ4n) is 2.31. The van der Waals surface area contributed by atoms with E-state index in [4.69, 9.17) is 9.47 Å². The highest BCUT2D eigenvalue weighted by Crippen LogP contribution is 2.20.